The van der Waals surface area contributed by atoms with Crippen LogP contribution in [0.4, 0.5) is 0 Å². The summed E-state index contributed by atoms with van der Waals surface area (Å²) in [5.74, 6) is 0.835. The Balaban J connectivity index is 2.67. The van der Waals surface area contributed by atoms with Crippen molar-refractivity contribution in [3.8, 4) is 0 Å². The van der Waals surface area contributed by atoms with Gasteiger partial charge in [0.1, 0.15) is 5.60 Å². The number of carbonyl (C=O) groups excluding carboxylic acids is 1. The molecule has 1 saturated carbocycles. The summed E-state index contributed by atoms with van der Waals surface area (Å²) in [4.78, 5) is 11.4. The van der Waals surface area contributed by atoms with Crippen molar-refractivity contribution in [1.82, 2.24) is 0 Å². The lowest BCUT2D eigenvalue weighted by Crippen LogP contribution is -2.34. The molecular weight excluding hydrogens is 176 g/mol. The van der Waals surface area contributed by atoms with Gasteiger partial charge in [-0.25, -0.2) is 4.79 Å². The molecule has 3 unspecified atom stereocenters. The summed E-state index contributed by atoms with van der Waals surface area (Å²) in [7, 11) is 0. The molecule has 2 heteroatoms. The maximum absolute atomic E-state index is 11.4. The van der Waals surface area contributed by atoms with Crippen LogP contribution in [0, 0.1) is 11.8 Å². The summed E-state index contributed by atoms with van der Waals surface area (Å²) in [5, 5.41) is 0. The second-order valence-electron chi connectivity index (χ2n) is 4.93. The minimum atomic E-state index is -0.282. The predicted octanol–water partition coefficient (Wildman–Crippen LogP) is 2.93. The van der Waals surface area contributed by atoms with Crippen molar-refractivity contribution in [2.24, 2.45) is 11.8 Å². The van der Waals surface area contributed by atoms with Gasteiger partial charge in [0.05, 0.1) is 0 Å². The third kappa shape index (κ3) is 2.17. The predicted molar refractivity (Wildman–Crippen MR) is 56.9 cm³/mol. The number of hydrogen-bond donors (Lipinski definition) is 0. The van der Waals surface area contributed by atoms with Crippen LogP contribution in [0.25, 0.3) is 0 Å². The largest absolute Gasteiger partial charge is 0.456 e. The molecule has 0 aromatic rings. The molecule has 0 saturated heterocycles. The van der Waals surface area contributed by atoms with Gasteiger partial charge in [0, 0.05) is 5.57 Å². The molecule has 2 nitrogen and oxygen atoms in total. The van der Waals surface area contributed by atoms with Crippen LogP contribution < -0.4 is 0 Å². The minimum absolute atomic E-state index is 0.256. The molecule has 0 spiro atoms. The Morgan fingerprint density at radius 1 is 1.50 bits per heavy atom. The van der Waals surface area contributed by atoms with Gasteiger partial charge in [0.25, 0.3) is 0 Å². The quantitative estimate of drug-likeness (QED) is 0.501. The second-order valence-corrected chi connectivity index (χ2v) is 4.93. The lowest BCUT2D eigenvalue weighted by atomic mass is 9.94. The molecule has 1 fully saturated rings. The molecular formula is C12H20O2. The van der Waals surface area contributed by atoms with Crippen molar-refractivity contribution in [2.45, 2.75) is 46.1 Å². The van der Waals surface area contributed by atoms with Crippen LogP contribution in [0.15, 0.2) is 12.2 Å². The van der Waals surface area contributed by atoms with Crippen molar-refractivity contribution >= 4 is 5.97 Å². The van der Waals surface area contributed by atoms with Gasteiger partial charge < -0.3 is 4.74 Å². The first kappa shape index (κ1) is 11.3. The maximum Gasteiger partial charge on any atom is 0.333 e. The van der Waals surface area contributed by atoms with Crippen LogP contribution >= 0.6 is 0 Å². The zero-order valence-corrected chi connectivity index (χ0v) is 9.59. The van der Waals surface area contributed by atoms with Gasteiger partial charge >= 0.3 is 5.97 Å². The van der Waals surface area contributed by atoms with Crippen molar-refractivity contribution in [2.75, 3.05) is 0 Å². The molecule has 1 rings (SSSR count). The first-order valence-electron chi connectivity index (χ1n) is 5.24. The van der Waals surface area contributed by atoms with E-state index in [1.54, 1.807) is 6.92 Å². The van der Waals surface area contributed by atoms with E-state index in [1.165, 1.54) is 0 Å². The van der Waals surface area contributed by atoms with Crippen molar-refractivity contribution in [1.29, 1.82) is 0 Å². The molecule has 1 aliphatic carbocycles. The van der Waals surface area contributed by atoms with E-state index in [1.807, 2.05) is 6.92 Å². The third-order valence-electron chi connectivity index (χ3n) is 3.23. The third-order valence-corrected chi connectivity index (χ3v) is 3.23. The van der Waals surface area contributed by atoms with Crippen molar-refractivity contribution in [3.05, 3.63) is 12.2 Å². The molecule has 0 N–H and O–H groups in total. The monoisotopic (exact) mass is 196 g/mol. The van der Waals surface area contributed by atoms with E-state index < -0.39 is 0 Å². The van der Waals surface area contributed by atoms with E-state index >= 15 is 0 Å². The first-order valence-corrected chi connectivity index (χ1v) is 5.24. The van der Waals surface area contributed by atoms with E-state index in [4.69, 9.17) is 4.74 Å². The SMILES string of the molecule is C=C(C)C(=O)OC1(C)CC(C)CC1C. The summed E-state index contributed by atoms with van der Waals surface area (Å²) < 4.78 is 5.50. The molecule has 0 aromatic heterocycles. The molecule has 0 aromatic carbocycles. The average molecular weight is 196 g/mol. The molecule has 14 heavy (non-hydrogen) atoms. The zero-order chi connectivity index (χ0) is 10.9. The van der Waals surface area contributed by atoms with Gasteiger partial charge in [-0.15, -0.1) is 0 Å². The van der Waals surface area contributed by atoms with Gasteiger partial charge in [0.15, 0.2) is 0 Å². The Morgan fingerprint density at radius 2 is 2.07 bits per heavy atom. The fourth-order valence-electron chi connectivity index (χ4n) is 2.27. The highest BCUT2D eigenvalue weighted by Crippen LogP contribution is 2.41. The standard InChI is InChI=1S/C12H20O2/c1-8(2)11(13)14-12(5)7-9(3)6-10(12)4/h9-10H,1,6-7H2,2-5H3. The zero-order valence-electron chi connectivity index (χ0n) is 9.59. The van der Waals surface area contributed by atoms with Crippen LogP contribution in [0.5, 0.6) is 0 Å². The van der Waals surface area contributed by atoms with Crippen LogP contribution in [-0.2, 0) is 9.53 Å². The van der Waals surface area contributed by atoms with Gasteiger partial charge in [-0.1, -0.05) is 20.4 Å². The molecule has 0 bridgehead atoms. The van der Waals surface area contributed by atoms with E-state index in [-0.39, 0.29) is 11.6 Å². The molecule has 0 aliphatic heterocycles. The fraction of sp³-hybridized carbons (Fsp3) is 0.750. The summed E-state index contributed by atoms with van der Waals surface area (Å²) in [6, 6.07) is 0. The maximum atomic E-state index is 11.4. The Labute approximate surface area is 86.3 Å². The molecule has 1 aliphatic rings. The lowest BCUT2D eigenvalue weighted by Gasteiger charge is -2.29. The van der Waals surface area contributed by atoms with Gasteiger partial charge in [-0.2, -0.15) is 0 Å². The Hall–Kier alpha value is -0.790. The number of carbonyl (C=O) groups is 1. The highest BCUT2D eigenvalue weighted by molar-refractivity contribution is 5.87. The topological polar surface area (TPSA) is 26.3 Å². The summed E-state index contributed by atoms with van der Waals surface area (Å²) in [6.45, 7) is 11.7. The van der Waals surface area contributed by atoms with Crippen LogP contribution in [-0.4, -0.2) is 11.6 Å². The van der Waals surface area contributed by atoms with Gasteiger partial charge in [-0.3, -0.25) is 0 Å². The van der Waals surface area contributed by atoms with E-state index in [9.17, 15) is 4.79 Å². The van der Waals surface area contributed by atoms with E-state index in [2.05, 4.69) is 20.4 Å². The normalized spacial score (nSPS) is 36.9. The van der Waals surface area contributed by atoms with Gasteiger partial charge in [0.2, 0.25) is 0 Å². The fourth-order valence-corrected chi connectivity index (χ4v) is 2.27. The molecule has 3 atom stereocenters. The minimum Gasteiger partial charge on any atom is -0.456 e. The van der Waals surface area contributed by atoms with E-state index in [0.29, 0.717) is 17.4 Å². The Kier molecular flexibility index (Phi) is 3.03. The summed E-state index contributed by atoms with van der Waals surface area (Å²) in [6.07, 6.45) is 2.10. The van der Waals surface area contributed by atoms with Crippen LogP contribution in [0.2, 0.25) is 0 Å². The second kappa shape index (κ2) is 3.76. The van der Waals surface area contributed by atoms with Crippen molar-refractivity contribution in [3.63, 3.8) is 0 Å². The highest BCUT2D eigenvalue weighted by Gasteiger charge is 2.42. The number of esters is 1. The first-order chi connectivity index (χ1) is 6.35. The smallest absolute Gasteiger partial charge is 0.333 e. The van der Waals surface area contributed by atoms with Crippen molar-refractivity contribution < 1.29 is 9.53 Å². The van der Waals surface area contributed by atoms with Crippen LogP contribution in [0.1, 0.15) is 40.5 Å². The number of rotatable bonds is 2. The Morgan fingerprint density at radius 3 is 2.43 bits per heavy atom. The van der Waals surface area contributed by atoms with Crippen LogP contribution in [0.3, 0.4) is 0 Å². The molecule has 80 valence electrons. The number of hydrogen-bond acceptors (Lipinski definition) is 2. The highest BCUT2D eigenvalue weighted by atomic mass is 16.6. The lowest BCUT2D eigenvalue weighted by molar-refractivity contribution is -0.156. The Bertz CT molecular complexity index is 257. The van der Waals surface area contributed by atoms with Gasteiger partial charge in [-0.05, 0) is 38.5 Å². The molecule has 0 radical (unpaired) electrons. The summed E-state index contributed by atoms with van der Waals surface area (Å²) >= 11 is 0. The number of ether oxygens (including phenoxy) is 1. The van der Waals surface area contributed by atoms with E-state index in [0.717, 1.165) is 12.8 Å². The molecule has 0 amide bonds. The summed E-state index contributed by atoms with van der Waals surface area (Å²) in [5.41, 5.74) is 0.202. The molecule has 0 heterocycles. The average Bonchev–Trinajstić information content (AvgIpc) is 2.25.